The number of rotatable bonds is 0. The van der Waals surface area contributed by atoms with E-state index in [9.17, 15) is 17.6 Å². The highest BCUT2D eigenvalue weighted by molar-refractivity contribution is 5.24. The second-order valence-corrected chi connectivity index (χ2v) is 4.20. The summed E-state index contributed by atoms with van der Waals surface area (Å²) in [4.78, 5) is 0. The van der Waals surface area contributed by atoms with Crippen molar-refractivity contribution in [3.05, 3.63) is 70.3 Å². The van der Waals surface area contributed by atoms with Crippen molar-refractivity contribution in [2.75, 3.05) is 0 Å². The van der Waals surface area contributed by atoms with Crippen LogP contribution in [0, 0.1) is 44.0 Å². The van der Waals surface area contributed by atoms with Crippen LogP contribution in [0.3, 0.4) is 0 Å². The van der Waals surface area contributed by atoms with Crippen molar-refractivity contribution in [2.24, 2.45) is 0 Å². The summed E-state index contributed by atoms with van der Waals surface area (Å²) in [7, 11) is 0. The van der Waals surface area contributed by atoms with E-state index in [1.54, 1.807) is 6.92 Å². The maximum absolute atomic E-state index is 12.8. The van der Waals surface area contributed by atoms with E-state index in [1.165, 1.54) is 26.0 Å². The van der Waals surface area contributed by atoms with Crippen molar-refractivity contribution in [3.8, 4) is 0 Å². The van der Waals surface area contributed by atoms with Gasteiger partial charge < -0.3 is 0 Å². The first-order valence-electron chi connectivity index (χ1n) is 6.65. The molecule has 0 saturated heterocycles. The van der Waals surface area contributed by atoms with Crippen LogP contribution in [0.4, 0.5) is 17.6 Å². The van der Waals surface area contributed by atoms with E-state index >= 15 is 0 Å². The summed E-state index contributed by atoms with van der Waals surface area (Å²) in [6.45, 7) is 8.57. The summed E-state index contributed by atoms with van der Waals surface area (Å²) < 4.78 is 49.8. The number of benzene rings is 2. The van der Waals surface area contributed by atoms with E-state index in [-0.39, 0.29) is 11.4 Å². The third kappa shape index (κ3) is 5.98. The lowest BCUT2D eigenvalue weighted by Crippen LogP contribution is -1.90. The molecule has 0 fully saturated rings. The van der Waals surface area contributed by atoms with Crippen LogP contribution < -0.4 is 0 Å². The van der Waals surface area contributed by atoms with E-state index in [2.05, 4.69) is 0 Å². The molecule has 0 aliphatic carbocycles. The number of aryl methyl sites for hydroxylation is 2. The van der Waals surface area contributed by atoms with Crippen LogP contribution in [0.1, 0.15) is 30.5 Å². The smallest absolute Gasteiger partial charge is 0.131 e. The highest BCUT2D eigenvalue weighted by atomic mass is 19.1. The minimum atomic E-state index is -0.483. The van der Waals surface area contributed by atoms with Crippen molar-refractivity contribution in [2.45, 2.75) is 34.6 Å². The maximum Gasteiger partial charge on any atom is 0.131 e. The predicted molar refractivity (Wildman–Crippen MR) is 78.3 cm³/mol. The van der Waals surface area contributed by atoms with Crippen LogP contribution in [0.5, 0.6) is 0 Å². The molecule has 0 nitrogen and oxygen atoms in total. The molecule has 116 valence electrons. The van der Waals surface area contributed by atoms with Gasteiger partial charge in [0, 0.05) is 5.56 Å². The van der Waals surface area contributed by atoms with Gasteiger partial charge >= 0.3 is 0 Å². The molecular weight excluding hydrogens is 280 g/mol. The van der Waals surface area contributed by atoms with Gasteiger partial charge in [0.2, 0.25) is 0 Å². The molecule has 0 aliphatic heterocycles. The Morgan fingerprint density at radius 2 is 1.19 bits per heavy atom. The van der Waals surface area contributed by atoms with Crippen LogP contribution in [0.2, 0.25) is 0 Å². The standard InChI is InChI=1S/C8H8F2.C7H6F2.C2H6/c1-5-3-4-7(9)6(2)8(5)10;1-5-4-6(8)2-3-7(5)9;1-2/h3-4H,1-2H3;2-4H,1H3;1-2H3. The topological polar surface area (TPSA) is 0 Å². The Bertz CT molecular complexity index is 550. The molecule has 4 heteroatoms. The van der Waals surface area contributed by atoms with Crippen molar-refractivity contribution in [1.29, 1.82) is 0 Å². The van der Waals surface area contributed by atoms with Crippen LogP contribution in [-0.4, -0.2) is 0 Å². The molecule has 0 N–H and O–H groups in total. The Morgan fingerprint density at radius 3 is 1.62 bits per heavy atom. The Labute approximate surface area is 123 Å². The normalized spacial score (nSPS) is 9.19. The van der Waals surface area contributed by atoms with Crippen molar-refractivity contribution < 1.29 is 17.6 Å². The van der Waals surface area contributed by atoms with Gasteiger partial charge in [-0.15, -0.1) is 0 Å². The van der Waals surface area contributed by atoms with Crippen LogP contribution in [0.25, 0.3) is 0 Å². The van der Waals surface area contributed by atoms with Crippen molar-refractivity contribution in [3.63, 3.8) is 0 Å². The summed E-state index contributed by atoms with van der Waals surface area (Å²) in [5.74, 6) is -1.69. The molecule has 2 rings (SSSR count). The first-order valence-corrected chi connectivity index (χ1v) is 6.65. The van der Waals surface area contributed by atoms with Gasteiger partial charge in [-0.05, 0) is 56.2 Å². The van der Waals surface area contributed by atoms with Crippen LogP contribution in [-0.2, 0) is 0 Å². The summed E-state index contributed by atoms with van der Waals surface area (Å²) in [5, 5.41) is 0. The van der Waals surface area contributed by atoms with Gasteiger partial charge in [0.25, 0.3) is 0 Å². The molecule has 0 amide bonds. The first-order chi connectivity index (χ1) is 9.82. The molecule has 0 atom stereocenters. The summed E-state index contributed by atoms with van der Waals surface area (Å²) in [6.07, 6.45) is 0. The molecule has 0 aromatic heterocycles. The van der Waals surface area contributed by atoms with E-state index < -0.39 is 17.5 Å². The van der Waals surface area contributed by atoms with Gasteiger partial charge in [-0.3, -0.25) is 0 Å². The van der Waals surface area contributed by atoms with Gasteiger partial charge in [0.05, 0.1) is 0 Å². The molecule has 0 saturated carbocycles. The molecular formula is C17H20F4. The lowest BCUT2D eigenvalue weighted by molar-refractivity contribution is 0.562. The minimum Gasteiger partial charge on any atom is -0.207 e. The van der Waals surface area contributed by atoms with Gasteiger partial charge in [-0.2, -0.15) is 0 Å². The number of hydrogen-bond donors (Lipinski definition) is 0. The number of halogens is 4. The molecule has 0 spiro atoms. The Kier molecular flexibility index (Phi) is 8.36. The quantitative estimate of drug-likeness (QED) is 0.533. The Hall–Kier alpha value is -1.84. The lowest BCUT2D eigenvalue weighted by atomic mass is 10.1. The fourth-order valence-corrected chi connectivity index (χ4v) is 1.41. The molecule has 2 aromatic carbocycles. The predicted octanol–water partition coefficient (Wildman–Crippen LogP) is 5.88. The SMILES string of the molecule is CC.Cc1cc(F)ccc1F.Cc1ccc(F)c(C)c1F. The fraction of sp³-hybridized carbons (Fsp3) is 0.294. The zero-order chi connectivity index (χ0) is 16.6. The largest absolute Gasteiger partial charge is 0.207 e. The van der Waals surface area contributed by atoms with E-state index in [1.807, 2.05) is 13.8 Å². The van der Waals surface area contributed by atoms with Crippen LogP contribution in [0.15, 0.2) is 30.3 Å². The zero-order valence-corrected chi connectivity index (χ0v) is 12.9. The van der Waals surface area contributed by atoms with E-state index in [4.69, 9.17) is 0 Å². The van der Waals surface area contributed by atoms with Gasteiger partial charge in [0.1, 0.15) is 23.3 Å². The molecule has 21 heavy (non-hydrogen) atoms. The molecule has 2 aromatic rings. The Balaban J connectivity index is 0.000000342. The summed E-state index contributed by atoms with van der Waals surface area (Å²) in [6, 6.07) is 6.08. The molecule has 0 bridgehead atoms. The summed E-state index contributed by atoms with van der Waals surface area (Å²) in [5.41, 5.74) is 0.925. The first kappa shape index (κ1) is 19.2. The number of hydrogen-bond acceptors (Lipinski definition) is 0. The van der Waals surface area contributed by atoms with Gasteiger partial charge in [-0.25, -0.2) is 17.6 Å². The summed E-state index contributed by atoms with van der Waals surface area (Å²) >= 11 is 0. The lowest BCUT2D eigenvalue weighted by Gasteiger charge is -1.99. The van der Waals surface area contributed by atoms with E-state index in [0.29, 0.717) is 11.1 Å². The molecule has 0 unspecified atom stereocenters. The highest BCUT2D eigenvalue weighted by Crippen LogP contribution is 2.13. The third-order valence-corrected chi connectivity index (χ3v) is 2.63. The minimum absolute atomic E-state index is 0.0972. The van der Waals surface area contributed by atoms with Gasteiger partial charge in [0.15, 0.2) is 0 Å². The van der Waals surface area contributed by atoms with E-state index in [0.717, 1.165) is 18.2 Å². The maximum atomic E-state index is 12.8. The van der Waals surface area contributed by atoms with Crippen LogP contribution >= 0.6 is 0 Å². The zero-order valence-electron chi connectivity index (χ0n) is 12.9. The molecule has 0 radical (unpaired) electrons. The monoisotopic (exact) mass is 300 g/mol. The highest BCUT2D eigenvalue weighted by Gasteiger charge is 2.04. The van der Waals surface area contributed by atoms with Gasteiger partial charge in [-0.1, -0.05) is 19.9 Å². The molecule has 0 heterocycles. The average Bonchev–Trinajstić information content (AvgIpc) is 2.48. The fourth-order valence-electron chi connectivity index (χ4n) is 1.41. The second kappa shape index (κ2) is 9.16. The van der Waals surface area contributed by atoms with Crippen molar-refractivity contribution >= 4 is 0 Å². The third-order valence-electron chi connectivity index (χ3n) is 2.63. The second-order valence-electron chi connectivity index (χ2n) is 4.20. The van der Waals surface area contributed by atoms with Crippen molar-refractivity contribution in [1.82, 2.24) is 0 Å². The molecule has 0 aliphatic rings. The average molecular weight is 300 g/mol. The Morgan fingerprint density at radius 1 is 0.667 bits per heavy atom.